The minimum atomic E-state index is -0.857. The molecule has 2 aliphatic carbocycles. The minimum Gasteiger partial charge on any atom is -0.481 e. The van der Waals surface area contributed by atoms with Crippen molar-refractivity contribution in [2.24, 2.45) is 27.8 Å². The fourth-order valence-electron chi connectivity index (χ4n) is 3.57. The lowest BCUT2D eigenvalue weighted by molar-refractivity contribution is -0.141. The average molecular weight is 211 g/mol. The number of nitrogens with zero attached hydrogens (tertiary/aromatic N) is 1. The monoisotopic (exact) mass is 211 g/mol. The van der Waals surface area contributed by atoms with Crippen molar-refractivity contribution in [3.8, 4) is 0 Å². The van der Waals surface area contributed by atoms with Gasteiger partial charge in [-0.1, -0.05) is 25.9 Å². The Balaban J connectivity index is 2.54. The van der Waals surface area contributed by atoms with Crippen LogP contribution in [0.4, 0.5) is 0 Å². The van der Waals surface area contributed by atoms with E-state index in [1.165, 1.54) is 0 Å². The number of carbonyl (C=O) groups is 1. The van der Waals surface area contributed by atoms with Gasteiger partial charge < -0.3 is 10.3 Å². The highest BCUT2D eigenvalue weighted by atomic mass is 16.4. The second-order valence-corrected chi connectivity index (χ2v) is 5.50. The first kappa shape index (κ1) is 10.5. The van der Waals surface area contributed by atoms with E-state index >= 15 is 0 Å². The molecule has 15 heavy (non-hydrogen) atoms. The molecule has 0 amide bonds. The molecule has 2 fully saturated rings. The molecule has 0 radical (unpaired) electrons. The number of aliphatic carboxylic acids is 1. The lowest BCUT2D eigenvalue weighted by Gasteiger charge is -2.33. The van der Waals surface area contributed by atoms with Crippen LogP contribution in [0.25, 0.3) is 0 Å². The lowest BCUT2D eigenvalue weighted by Crippen LogP contribution is -2.35. The molecule has 2 rings (SSSR count). The summed E-state index contributed by atoms with van der Waals surface area (Å²) in [5.74, 6) is -1.35. The van der Waals surface area contributed by atoms with Gasteiger partial charge in [0.05, 0.1) is 5.71 Å². The Morgan fingerprint density at radius 3 is 2.47 bits per heavy atom. The number of carboxylic acids is 1. The highest BCUT2D eigenvalue weighted by Gasteiger charge is 2.66. The van der Waals surface area contributed by atoms with Crippen LogP contribution in [0.5, 0.6) is 0 Å². The maximum atomic E-state index is 11.2. The SMILES string of the molecule is CC1(C)[C@H]2CC[C@]1(C)/C(=N\O)[C@@H]2C(=O)O. The summed E-state index contributed by atoms with van der Waals surface area (Å²) in [5, 5.41) is 21.5. The van der Waals surface area contributed by atoms with Gasteiger partial charge in [-0.2, -0.15) is 0 Å². The fraction of sp³-hybridized carbons (Fsp3) is 0.818. The van der Waals surface area contributed by atoms with Crippen molar-refractivity contribution in [3.63, 3.8) is 0 Å². The average Bonchev–Trinajstić information content (AvgIpc) is 2.46. The van der Waals surface area contributed by atoms with E-state index in [0.29, 0.717) is 5.71 Å². The van der Waals surface area contributed by atoms with Crippen LogP contribution in [0, 0.1) is 22.7 Å². The van der Waals surface area contributed by atoms with Gasteiger partial charge in [-0.15, -0.1) is 0 Å². The molecule has 0 aliphatic heterocycles. The molecule has 0 heterocycles. The molecule has 2 saturated carbocycles. The summed E-state index contributed by atoms with van der Waals surface area (Å²) in [6.45, 7) is 6.18. The van der Waals surface area contributed by atoms with Gasteiger partial charge in [0.25, 0.3) is 0 Å². The summed E-state index contributed by atoms with van der Waals surface area (Å²) in [6.07, 6.45) is 1.84. The van der Waals surface area contributed by atoms with Crippen molar-refractivity contribution >= 4 is 11.7 Å². The second-order valence-electron chi connectivity index (χ2n) is 5.50. The predicted octanol–water partition coefficient (Wildman–Crippen LogP) is 1.97. The summed E-state index contributed by atoms with van der Waals surface area (Å²) in [7, 11) is 0. The molecule has 2 N–H and O–H groups in total. The number of oxime groups is 1. The smallest absolute Gasteiger partial charge is 0.312 e. The van der Waals surface area contributed by atoms with Gasteiger partial charge in [-0.05, 0) is 24.2 Å². The van der Waals surface area contributed by atoms with Crippen molar-refractivity contribution in [2.75, 3.05) is 0 Å². The summed E-state index contributed by atoms with van der Waals surface area (Å²) in [6, 6.07) is 0. The summed E-state index contributed by atoms with van der Waals surface area (Å²) < 4.78 is 0. The van der Waals surface area contributed by atoms with E-state index in [1.54, 1.807) is 0 Å². The molecule has 0 saturated heterocycles. The molecule has 84 valence electrons. The van der Waals surface area contributed by atoms with E-state index in [4.69, 9.17) is 5.21 Å². The zero-order valence-electron chi connectivity index (χ0n) is 9.32. The number of hydrogen-bond donors (Lipinski definition) is 2. The lowest BCUT2D eigenvalue weighted by atomic mass is 9.70. The van der Waals surface area contributed by atoms with E-state index in [-0.39, 0.29) is 16.7 Å². The van der Waals surface area contributed by atoms with Crippen LogP contribution < -0.4 is 0 Å². The summed E-state index contributed by atoms with van der Waals surface area (Å²) >= 11 is 0. The maximum absolute atomic E-state index is 11.2. The van der Waals surface area contributed by atoms with Crippen LogP contribution in [0.15, 0.2) is 5.16 Å². The number of fused-ring (bicyclic) bond motifs is 2. The Morgan fingerprint density at radius 1 is 1.47 bits per heavy atom. The highest BCUT2D eigenvalue weighted by molar-refractivity contribution is 6.07. The van der Waals surface area contributed by atoms with Crippen molar-refractivity contribution in [3.05, 3.63) is 0 Å². The zero-order valence-corrected chi connectivity index (χ0v) is 9.32. The molecule has 3 atom stereocenters. The normalized spacial score (nSPS) is 44.9. The van der Waals surface area contributed by atoms with Crippen molar-refractivity contribution in [1.29, 1.82) is 0 Å². The molecule has 0 aromatic heterocycles. The first-order valence-corrected chi connectivity index (χ1v) is 5.31. The standard InChI is InChI=1S/C11H17NO3/c1-10(2)6-4-5-11(10,3)8(12-15)7(6)9(13)14/h6-7,15H,4-5H2,1-3H3,(H,13,14)/b12-8-/t6-,7+,11+/m0/s1. The van der Waals surface area contributed by atoms with E-state index in [2.05, 4.69) is 19.0 Å². The van der Waals surface area contributed by atoms with Crippen LogP contribution in [0.2, 0.25) is 0 Å². The van der Waals surface area contributed by atoms with Gasteiger partial charge in [0.2, 0.25) is 0 Å². The van der Waals surface area contributed by atoms with Gasteiger partial charge in [0.15, 0.2) is 0 Å². The van der Waals surface area contributed by atoms with Crippen LogP contribution in [-0.4, -0.2) is 22.0 Å². The largest absolute Gasteiger partial charge is 0.481 e. The van der Waals surface area contributed by atoms with Crippen molar-refractivity contribution < 1.29 is 15.1 Å². The quantitative estimate of drug-likeness (QED) is 0.514. The Kier molecular flexibility index (Phi) is 1.91. The molecule has 0 aromatic carbocycles. The molecule has 2 aliphatic rings. The summed E-state index contributed by atoms with van der Waals surface area (Å²) in [5.41, 5.74) is 0.129. The van der Waals surface area contributed by atoms with Crippen LogP contribution in [-0.2, 0) is 4.79 Å². The molecular formula is C11H17NO3. The van der Waals surface area contributed by atoms with E-state index < -0.39 is 11.9 Å². The van der Waals surface area contributed by atoms with E-state index in [9.17, 15) is 9.90 Å². The third kappa shape index (κ3) is 0.971. The topological polar surface area (TPSA) is 69.9 Å². The second kappa shape index (κ2) is 2.74. The molecule has 4 heteroatoms. The van der Waals surface area contributed by atoms with Gasteiger partial charge in [-0.25, -0.2) is 0 Å². The third-order valence-electron chi connectivity index (χ3n) is 4.94. The van der Waals surface area contributed by atoms with Gasteiger partial charge >= 0.3 is 5.97 Å². The first-order valence-electron chi connectivity index (χ1n) is 5.31. The van der Waals surface area contributed by atoms with Gasteiger partial charge in [-0.3, -0.25) is 4.79 Å². The molecule has 0 unspecified atom stereocenters. The summed E-state index contributed by atoms with van der Waals surface area (Å²) in [4.78, 5) is 11.2. The van der Waals surface area contributed by atoms with Crippen molar-refractivity contribution in [2.45, 2.75) is 33.6 Å². The molecule has 2 bridgehead atoms. The molecule has 4 nitrogen and oxygen atoms in total. The number of hydrogen-bond acceptors (Lipinski definition) is 3. The molecule has 0 spiro atoms. The third-order valence-corrected chi connectivity index (χ3v) is 4.94. The Hall–Kier alpha value is -1.06. The fourth-order valence-corrected chi connectivity index (χ4v) is 3.57. The first-order chi connectivity index (χ1) is 6.86. The Morgan fingerprint density at radius 2 is 2.07 bits per heavy atom. The van der Waals surface area contributed by atoms with Crippen LogP contribution in [0.1, 0.15) is 33.6 Å². The van der Waals surface area contributed by atoms with Crippen LogP contribution in [0.3, 0.4) is 0 Å². The maximum Gasteiger partial charge on any atom is 0.312 e. The highest BCUT2D eigenvalue weighted by Crippen LogP contribution is 2.66. The van der Waals surface area contributed by atoms with Crippen LogP contribution >= 0.6 is 0 Å². The Bertz CT molecular complexity index is 348. The minimum absolute atomic E-state index is 0.0857. The van der Waals surface area contributed by atoms with Gasteiger partial charge in [0.1, 0.15) is 5.92 Å². The number of rotatable bonds is 1. The predicted molar refractivity (Wildman–Crippen MR) is 55.0 cm³/mol. The number of carboxylic acid groups (broad SMARTS) is 1. The molecule has 0 aromatic rings. The zero-order chi connectivity index (χ0) is 11.4. The van der Waals surface area contributed by atoms with E-state index in [1.807, 2.05) is 6.92 Å². The molecular weight excluding hydrogens is 194 g/mol. The van der Waals surface area contributed by atoms with E-state index in [0.717, 1.165) is 12.8 Å². The van der Waals surface area contributed by atoms with Gasteiger partial charge in [0, 0.05) is 5.41 Å². The Labute approximate surface area is 89.0 Å². The van der Waals surface area contributed by atoms with Crippen molar-refractivity contribution in [1.82, 2.24) is 0 Å².